The van der Waals surface area contributed by atoms with Gasteiger partial charge in [0.05, 0.1) is 4.47 Å². The van der Waals surface area contributed by atoms with E-state index in [9.17, 15) is 8.78 Å². The van der Waals surface area contributed by atoms with Crippen LogP contribution in [0.3, 0.4) is 0 Å². The van der Waals surface area contributed by atoms with Crippen LogP contribution >= 0.6 is 15.9 Å². The lowest BCUT2D eigenvalue weighted by molar-refractivity contribution is 0.619. The predicted molar refractivity (Wildman–Crippen MR) is 77.3 cm³/mol. The molecule has 0 aromatic heterocycles. The van der Waals surface area contributed by atoms with Crippen molar-refractivity contribution in [2.45, 2.75) is 19.9 Å². The molecule has 2 aromatic rings. The minimum Gasteiger partial charge on any atom is -0.378 e. The normalized spacial score (nSPS) is 12.3. The van der Waals surface area contributed by atoms with Crippen molar-refractivity contribution in [2.24, 2.45) is 0 Å². The standard InChI is InChI=1S/C15H14BrF2N/c1-9-7-14(18)13(16)8-15(9)19-10(2)11-3-5-12(17)6-4-11/h3-8,10,19H,1-2H3. The molecule has 0 amide bonds. The van der Waals surface area contributed by atoms with Crippen LogP contribution in [-0.4, -0.2) is 0 Å². The van der Waals surface area contributed by atoms with E-state index >= 15 is 0 Å². The first-order valence-corrected chi connectivity index (χ1v) is 6.74. The maximum absolute atomic E-state index is 13.3. The maximum Gasteiger partial charge on any atom is 0.137 e. The van der Waals surface area contributed by atoms with Crippen molar-refractivity contribution in [3.05, 3.63) is 63.6 Å². The third kappa shape index (κ3) is 3.32. The van der Waals surface area contributed by atoms with E-state index in [2.05, 4.69) is 21.2 Å². The van der Waals surface area contributed by atoms with Crippen molar-refractivity contribution in [3.8, 4) is 0 Å². The number of rotatable bonds is 3. The van der Waals surface area contributed by atoms with Crippen LogP contribution in [0.25, 0.3) is 0 Å². The Morgan fingerprint density at radius 3 is 2.37 bits per heavy atom. The molecule has 0 spiro atoms. The highest BCUT2D eigenvalue weighted by Crippen LogP contribution is 2.27. The summed E-state index contributed by atoms with van der Waals surface area (Å²) in [5.41, 5.74) is 2.65. The second kappa shape index (κ2) is 5.70. The predicted octanol–water partition coefficient (Wildman–Crippen LogP) is 5.21. The van der Waals surface area contributed by atoms with Crippen molar-refractivity contribution < 1.29 is 8.78 Å². The lowest BCUT2D eigenvalue weighted by Gasteiger charge is -2.18. The summed E-state index contributed by atoms with van der Waals surface area (Å²) in [6, 6.07) is 9.54. The zero-order chi connectivity index (χ0) is 14.0. The Bertz CT molecular complexity index is 581. The molecule has 0 aliphatic carbocycles. The Balaban J connectivity index is 2.21. The van der Waals surface area contributed by atoms with Crippen LogP contribution in [0.15, 0.2) is 40.9 Å². The molecule has 0 aliphatic heterocycles. The van der Waals surface area contributed by atoms with E-state index < -0.39 is 0 Å². The van der Waals surface area contributed by atoms with Crippen LogP contribution in [0.5, 0.6) is 0 Å². The van der Waals surface area contributed by atoms with Crippen molar-refractivity contribution in [1.82, 2.24) is 0 Å². The Morgan fingerprint density at radius 1 is 1.11 bits per heavy atom. The summed E-state index contributed by atoms with van der Waals surface area (Å²) in [5.74, 6) is -0.533. The van der Waals surface area contributed by atoms with Crippen LogP contribution in [0.4, 0.5) is 14.5 Å². The molecule has 0 fully saturated rings. The molecule has 2 aromatic carbocycles. The van der Waals surface area contributed by atoms with Crippen molar-refractivity contribution in [3.63, 3.8) is 0 Å². The quantitative estimate of drug-likeness (QED) is 0.816. The minimum atomic E-state index is -0.280. The smallest absolute Gasteiger partial charge is 0.137 e. The van der Waals surface area contributed by atoms with Gasteiger partial charge < -0.3 is 5.32 Å². The summed E-state index contributed by atoms with van der Waals surface area (Å²) < 4.78 is 26.6. The molecule has 1 N–H and O–H groups in total. The topological polar surface area (TPSA) is 12.0 Å². The maximum atomic E-state index is 13.3. The van der Waals surface area contributed by atoms with E-state index in [0.717, 1.165) is 16.8 Å². The molecule has 0 radical (unpaired) electrons. The average Bonchev–Trinajstić information content (AvgIpc) is 2.36. The number of anilines is 1. The van der Waals surface area contributed by atoms with Crippen LogP contribution in [-0.2, 0) is 0 Å². The number of hydrogen-bond donors (Lipinski definition) is 1. The molecule has 0 bridgehead atoms. The van der Waals surface area contributed by atoms with Gasteiger partial charge in [0, 0.05) is 11.7 Å². The molecular formula is C15H14BrF2N. The Kier molecular flexibility index (Phi) is 4.20. The molecule has 1 nitrogen and oxygen atoms in total. The molecule has 0 heterocycles. The zero-order valence-electron chi connectivity index (χ0n) is 10.7. The van der Waals surface area contributed by atoms with Crippen molar-refractivity contribution in [1.29, 1.82) is 0 Å². The summed E-state index contributed by atoms with van der Waals surface area (Å²) in [4.78, 5) is 0. The highest BCUT2D eigenvalue weighted by atomic mass is 79.9. The number of nitrogens with one attached hydrogen (secondary N) is 1. The second-order valence-corrected chi connectivity index (χ2v) is 5.35. The van der Waals surface area contributed by atoms with E-state index in [-0.39, 0.29) is 17.7 Å². The number of aryl methyl sites for hydroxylation is 1. The first kappa shape index (κ1) is 14.0. The van der Waals surface area contributed by atoms with Crippen LogP contribution in [0.2, 0.25) is 0 Å². The van der Waals surface area contributed by atoms with E-state index in [4.69, 9.17) is 0 Å². The third-order valence-corrected chi connectivity index (χ3v) is 3.62. The fraction of sp³-hybridized carbons (Fsp3) is 0.200. The minimum absolute atomic E-state index is 0.0108. The first-order chi connectivity index (χ1) is 8.97. The Morgan fingerprint density at radius 2 is 1.74 bits per heavy atom. The van der Waals surface area contributed by atoms with E-state index in [1.807, 2.05) is 13.8 Å². The third-order valence-electron chi connectivity index (χ3n) is 3.01. The van der Waals surface area contributed by atoms with Gasteiger partial charge in [0.2, 0.25) is 0 Å². The van der Waals surface area contributed by atoms with Gasteiger partial charge >= 0.3 is 0 Å². The van der Waals surface area contributed by atoms with Gasteiger partial charge in [-0.05, 0) is 65.2 Å². The highest BCUT2D eigenvalue weighted by Gasteiger charge is 2.09. The molecule has 1 unspecified atom stereocenters. The van der Waals surface area contributed by atoms with E-state index in [1.54, 1.807) is 18.2 Å². The Labute approximate surface area is 119 Å². The van der Waals surface area contributed by atoms with Gasteiger partial charge in [-0.2, -0.15) is 0 Å². The zero-order valence-corrected chi connectivity index (χ0v) is 12.3. The van der Waals surface area contributed by atoms with Gasteiger partial charge in [-0.1, -0.05) is 12.1 Å². The fourth-order valence-electron chi connectivity index (χ4n) is 1.87. The molecule has 0 saturated carbocycles. The lowest BCUT2D eigenvalue weighted by atomic mass is 10.1. The van der Waals surface area contributed by atoms with Crippen LogP contribution in [0, 0.1) is 18.6 Å². The fourth-order valence-corrected chi connectivity index (χ4v) is 2.21. The molecular weight excluding hydrogens is 312 g/mol. The number of hydrogen-bond acceptors (Lipinski definition) is 1. The van der Waals surface area contributed by atoms with Crippen molar-refractivity contribution in [2.75, 3.05) is 5.32 Å². The second-order valence-electron chi connectivity index (χ2n) is 4.50. The van der Waals surface area contributed by atoms with Gasteiger partial charge in [0.1, 0.15) is 11.6 Å². The van der Waals surface area contributed by atoms with Gasteiger partial charge in [0.25, 0.3) is 0 Å². The summed E-state index contributed by atoms with van der Waals surface area (Å²) >= 11 is 3.17. The Hall–Kier alpha value is -1.42. The van der Waals surface area contributed by atoms with Gasteiger partial charge in [-0.3, -0.25) is 0 Å². The summed E-state index contributed by atoms with van der Waals surface area (Å²) in [7, 11) is 0. The summed E-state index contributed by atoms with van der Waals surface area (Å²) in [5, 5.41) is 3.29. The average molecular weight is 326 g/mol. The monoisotopic (exact) mass is 325 g/mol. The van der Waals surface area contributed by atoms with E-state index in [1.165, 1.54) is 18.2 Å². The highest BCUT2D eigenvalue weighted by molar-refractivity contribution is 9.10. The largest absolute Gasteiger partial charge is 0.378 e. The molecule has 1 atom stereocenters. The van der Waals surface area contributed by atoms with Crippen LogP contribution in [0.1, 0.15) is 24.1 Å². The van der Waals surface area contributed by atoms with Gasteiger partial charge in [-0.25, -0.2) is 8.78 Å². The number of benzene rings is 2. The molecule has 19 heavy (non-hydrogen) atoms. The molecule has 0 saturated heterocycles. The summed E-state index contributed by atoms with van der Waals surface area (Å²) in [6.45, 7) is 3.82. The molecule has 0 aliphatic rings. The van der Waals surface area contributed by atoms with Gasteiger partial charge in [-0.15, -0.1) is 0 Å². The van der Waals surface area contributed by atoms with Crippen LogP contribution < -0.4 is 5.32 Å². The number of halogens is 3. The molecule has 100 valence electrons. The van der Waals surface area contributed by atoms with Crippen molar-refractivity contribution >= 4 is 21.6 Å². The summed E-state index contributed by atoms with van der Waals surface area (Å²) in [6.07, 6.45) is 0. The molecule has 2 rings (SSSR count). The van der Waals surface area contributed by atoms with Gasteiger partial charge in [0.15, 0.2) is 0 Å². The SMILES string of the molecule is Cc1cc(F)c(Br)cc1NC(C)c1ccc(F)cc1. The van der Waals surface area contributed by atoms with E-state index in [0.29, 0.717) is 4.47 Å². The first-order valence-electron chi connectivity index (χ1n) is 5.95. The molecule has 4 heteroatoms. The lowest BCUT2D eigenvalue weighted by Crippen LogP contribution is -2.08.